The van der Waals surface area contributed by atoms with Gasteiger partial charge in [0.25, 0.3) is 0 Å². The molecule has 1 heterocycles. The van der Waals surface area contributed by atoms with Gasteiger partial charge in [0.05, 0.1) is 21.9 Å². The average molecular weight is 447 g/mol. The number of benzene rings is 2. The molecule has 29 heavy (non-hydrogen) atoms. The Morgan fingerprint density at radius 2 is 1.86 bits per heavy atom. The Morgan fingerprint density at radius 1 is 1.17 bits per heavy atom. The summed E-state index contributed by atoms with van der Waals surface area (Å²) in [4.78, 5) is 13.6. The molecular formula is C19H16ClF3NO4S. The molecule has 0 unspecified atom stereocenters. The number of likely N-dealkylation sites (tertiary alicyclic amines) is 1. The molecule has 3 rings (SSSR count). The first-order chi connectivity index (χ1) is 13.4. The van der Waals surface area contributed by atoms with E-state index in [1.165, 1.54) is 23.1 Å². The maximum Gasteiger partial charge on any atom is 0.416 e. The van der Waals surface area contributed by atoms with Crippen LogP contribution < -0.4 is 4.74 Å². The highest BCUT2D eigenvalue weighted by molar-refractivity contribution is 7.90. The number of nitrogens with zero attached hydrogens (tertiary/aromatic N) is 1. The molecule has 1 radical (unpaired) electrons. The molecule has 1 aliphatic heterocycles. The fraction of sp³-hybridized carbons (Fsp3) is 0.263. The van der Waals surface area contributed by atoms with Gasteiger partial charge in [0, 0.05) is 25.8 Å². The summed E-state index contributed by atoms with van der Waals surface area (Å²) in [5.41, 5.74) is -0.813. The largest absolute Gasteiger partial charge is 0.456 e. The maximum atomic E-state index is 13.3. The lowest BCUT2D eigenvalue weighted by Gasteiger charge is -2.30. The Labute approximate surface area is 170 Å². The number of ether oxygens (including phenoxy) is 1. The number of carbonyl (C=O) groups excluding carboxylic acids is 1. The topological polar surface area (TPSA) is 63.7 Å². The van der Waals surface area contributed by atoms with Gasteiger partial charge in [0.2, 0.25) is 5.91 Å². The van der Waals surface area contributed by atoms with Crippen LogP contribution in [-0.2, 0) is 27.2 Å². The van der Waals surface area contributed by atoms with E-state index in [1.54, 1.807) is 0 Å². The first-order valence-corrected chi connectivity index (χ1v) is 10.7. The van der Waals surface area contributed by atoms with Crippen LogP contribution in [0.15, 0.2) is 41.3 Å². The standard InChI is InChI=1S/C19H16ClF3NO4S/c1-29(26,27)15-3-4-17(16(20)11-15)28-14-8-12(7-13(10-14)19(21,22)23)9-18(25)24-5-2-6-24/h2-4,7-8,10-11H,5-6,9H2,1H3. The third kappa shape index (κ3) is 5.22. The summed E-state index contributed by atoms with van der Waals surface area (Å²) in [5, 5.41) is -0.0703. The summed E-state index contributed by atoms with van der Waals surface area (Å²) >= 11 is 6.03. The van der Waals surface area contributed by atoms with Crippen molar-refractivity contribution >= 4 is 27.3 Å². The van der Waals surface area contributed by atoms with Crippen LogP contribution in [0.2, 0.25) is 5.02 Å². The average Bonchev–Trinajstić information content (AvgIpc) is 2.53. The first-order valence-electron chi connectivity index (χ1n) is 8.41. The molecule has 0 N–H and O–H groups in total. The third-order valence-electron chi connectivity index (χ3n) is 4.26. The van der Waals surface area contributed by atoms with E-state index in [4.69, 9.17) is 16.3 Å². The second kappa shape index (κ2) is 7.87. The maximum absolute atomic E-state index is 13.3. The highest BCUT2D eigenvalue weighted by Gasteiger charge is 2.32. The molecule has 155 valence electrons. The Hall–Kier alpha value is -2.26. The van der Waals surface area contributed by atoms with Crippen LogP contribution >= 0.6 is 11.6 Å². The molecule has 10 heteroatoms. The molecule has 0 spiro atoms. The molecule has 2 aromatic carbocycles. The van der Waals surface area contributed by atoms with Gasteiger partial charge in [-0.2, -0.15) is 13.2 Å². The van der Waals surface area contributed by atoms with Crippen LogP contribution in [0, 0.1) is 6.42 Å². The van der Waals surface area contributed by atoms with Crippen LogP contribution in [0.5, 0.6) is 11.5 Å². The van der Waals surface area contributed by atoms with Gasteiger partial charge in [-0.1, -0.05) is 11.6 Å². The molecular weight excluding hydrogens is 431 g/mol. The van der Waals surface area contributed by atoms with Crippen LogP contribution in [0.4, 0.5) is 13.2 Å². The predicted octanol–water partition coefficient (Wildman–Crippen LogP) is 4.14. The van der Waals surface area contributed by atoms with Crippen molar-refractivity contribution < 1.29 is 31.1 Å². The predicted molar refractivity (Wildman–Crippen MR) is 101 cm³/mol. The van der Waals surface area contributed by atoms with Crippen molar-refractivity contribution in [1.82, 2.24) is 4.90 Å². The van der Waals surface area contributed by atoms with E-state index < -0.39 is 21.6 Å². The molecule has 0 atom stereocenters. The zero-order chi connectivity index (χ0) is 21.4. The minimum absolute atomic E-state index is 0.00647. The Balaban J connectivity index is 1.91. The van der Waals surface area contributed by atoms with Crippen molar-refractivity contribution in [3.63, 3.8) is 0 Å². The van der Waals surface area contributed by atoms with Crippen LogP contribution in [0.25, 0.3) is 0 Å². The molecule has 1 fully saturated rings. The van der Waals surface area contributed by atoms with E-state index in [1.807, 2.05) is 6.42 Å². The minimum atomic E-state index is -4.63. The molecule has 5 nitrogen and oxygen atoms in total. The SMILES string of the molecule is CS(=O)(=O)c1ccc(Oc2cc(CC(=O)N3C[CH]C3)cc(C(F)(F)F)c2)c(Cl)c1. The molecule has 0 bridgehead atoms. The molecule has 1 saturated heterocycles. The van der Waals surface area contributed by atoms with E-state index in [0.29, 0.717) is 13.1 Å². The summed E-state index contributed by atoms with van der Waals surface area (Å²) < 4.78 is 68.5. The van der Waals surface area contributed by atoms with Gasteiger partial charge in [-0.3, -0.25) is 4.79 Å². The summed E-state index contributed by atoms with van der Waals surface area (Å²) in [6.07, 6.45) is -1.95. The van der Waals surface area contributed by atoms with Gasteiger partial charge < -0.3 is 9.64 Å². The Morgan fingerprint density at radius 3 is 2.38 bits per heavy atom. The smallest absolute Gasteiger partial charge is 0.416 e. The van der Waals surface area contributed by atoms with Crippen molar-refractivity contribution in [2.24, 2.45) is 0 Å². The lowest BCUT2D eigenvalue weighted by atomic mass is 10.0. The van der Waals surface area contributed by atoms with Crippen LogP contribution in [-0.4, -0.2) is 38.6 Å². The van der Waals surface area contributed by atoms with Crippen molar-refractivity contribution in [3.8, 4) is 11.5 Å². The summed E-state index contributed by atoms with van der Waals surface area (Å²) in [6, 6.07) is 6.70. The van der Waals surface area contributed by atoms with Gasteiger partial charge >= 0.3 is 6.18 Å². The number of amides is 1. The Kier molecular flexibility index (Phi) is 5.82. The van der Waals surface area contributed by atoms with Crippen molar-refractivity contribution in [2.75, 3.05) is 19.3 Å². The van der Waals surface area contributed by atoms with Crippen LogP contribution in [0.3, 0.4) is 0 Å². The van der Waals surface area contributed by atoms with Crippen molar-refractivity contribution in [2.45, 2.75) is 17.5 Å². The summed E-state index contributed by atoms with van der Waals surface area (Å²) in [5.74, 6) is -0.451. The normalized spacial score (nSPS) is 14.4. The highest BCUT2D eigenvalue weighted by Crippen LogP contribution is 2.36. The zero-order valence-corrected chi connectivity index (χ0v) is 16.7. The highest BCUT2D eigenvalue weighted by atomic mass is 35.5. The van der Waals surface area contributed by atoms with Gasteiger partial charge in [-0.25, -0.2) is 8.42 Å². The van der Waals surface area contributed by atoms with Gasteiger partial charge in [-0.15, -0.1) is 0 Å². The van der Waals surface area contributed by atoms with E-state index >= 15 is 0 Å². The molecule has 0 aromatic heterocycles. The van der Waals surface area contributed by atoms with Crippen molar-refractivity contribution in [1.29, 1.82) is 0 Å². The minimum Gasteiger partial charge on any atom is -0.456 e. The monoisotopic (exact) mass is 446 g/mol. The fourth-order valence-corrected chi connectivity index (χ4v) is 3.59. The van der Waals surface area contributed by atoms with E-state index in [2.05, 4.69) is 0 Å². The Bertz CT molecular complexity index is 1050. The third-order valence-corrected chi connectivity index (χ3v) is 5.67. The molecule has 2 aromatic rings. The lowest BCUT2D eigenvalue weighted by Crippen LogP contribution is -2.43. The molecule has 1 amide bonds. The van der Waals surface area contributed by atoms with Crippen LogP contribution in [0.1, 0.15) is 11.1 Å². The number of carbonyl (C=O) groups is 1. The number of hydrogen-bond donors (Lipinski definition) is 0. The number of sulfone groups is 1. The second-order valence-electron chi connectivity index (χ2n) is 6.59. The van der Waals surface area contributed by atoms with E-state index in [-0.39, 0.29) is 39.3 Å². The summed E-state index contributed by atoms with van der Waals surface area (Å²) in [7, 11) is -3.50. The number of alkyl halides is 3. The second-order valence-corrected chi connectivity index (χ2v) is 9.02. The van der Waals surface area contributed by atoms with Gasteiger partial charge in [0.15, 0.2) is 9.84 Å². The van der Waals surface area contributed by atoms with E-state index in [0.717, 1.165) is 24.5 Å². The number of hydrogen-bond acceptors (Lipinski definition) is 4. The fourth-order valence-electron chi connectivity index (χ4n) is 2.66. The van der Waals surface area contributed by atoms with Gasteiger partial charge in [0.1, 0.15) is 11.5 Å². The zero-order valence-electron chi connectivity index (χ0n) is 15.2. The van der Waals surface area contributed by atoms with Crippen molar-refractivity contribution in [3.05, 3.63) is 59.0 Å². The summed E-state index contributed by atoms with van der Waals surface area (Å²) in [6.45, 7) is 0.951. The molecule has 0 aliphatic carbocycles. The number of rotatable bonds is 5. The van der Waals surface area contributed by atoms with E-state index in [9.17, 15) is 26.4 Å². The molecule has 0 saturated carbocycles. The number of halogens is 4. The first kappa shape index (κ1) is 21.4. The lowest BCUT2D eigenvalue weighted by molar-refractivity contribution is -0.138. The quantitative estimate of drug-likeness (QED) is 0.692. The van der Waals surface area contributed by atoms with Gasteiger partial charge in [-0.05, 0) is 42.0 Å². The molecule has 1 aliphatic rings.